The normalized spacial score (nSPS) is 20.9. The highest BCUT2D eigenvalue weighted by molar-refractivity contribution is 5.73. The second-order valence-corrected chi connectivity index (χ2v) is 6.99. The second-order valence-electron chi connectivity index (χ2n) is 6.99. The van der Waals surface area contributed by atoms with Crippen molar-refractivity contribution in [1.82, 2.24) is 19.7 Å². The molecule has 0 bridgehead atoms. The van der Waals surface area contributed by atoms with E-state index in [4.69, 9.17) is 4.98 Å². The van der Waals surface area contributed by atoms with Gasteiger partial charge in [-0.2, -0.15) is 5.10 Å². The predicted octanol–water partition coefficient (Wildman–Crippen LogP) is 3.36. The van der Waals surface area contributed by atoms with Crippen molar-refractivity contribution >= 4 is 11.0 Å². The van der Waals surface area contributed by atoms with Gasteiger partial charge in [-0.3, -0.25) is 4.79 Å². The van der Waals surface area contributed by atoms with Crippen molar-refractivity contribution in [2.24, 2.45) is 5.92 Å². The van der Waals surface area contributed by atoms with E-state index in [1.54, 1.807) is 6.20 Å². The zero-order valence-corrected chi connectivity index (χ0v) is 13.1. The fraction of sp³-hybridized carbons (Fsp3) is 0.706. The van der Waals surface area contributed by atoms with Gasteiger partial charge in [0.25, 0.3) is 5.56 Å². The maximum absolute atomic E-state index is 12.3. The van der Waals surface area contributed by atoms with Crippen LogP contribution in [0.2, 0.25) is 0 Å². The molecule has 0 spiro atoms. The van der Waals surface area contributed by atoms with Gasteiger partial charge >= 0.3 is 0 Å². The minimum Gasteiger partial charge on any atom is -0.310 e. The van der Waals surface area contributed by atoms with E-state index in [9.17, 15) is 4.79 Å². The summed E-state index contributed by atoms with van der Waals surface area (Å²) in [6, 6.07) is 0.425. The predicted molar refractivity (Wildman–Crippen MR) is 85.9 cm³/mol. The summed E-state index contributed by atoms with van der Waals surface area (Å²) in [5, 5.41) is 5.10. The van der Waals surface area contributed by atoms with Crippen LogP contribution >= 0.6 is 0 Å². The van der Waals surface area contributed by atoms with Crippen molar-refractivity contribution in [3.05, 3.63) is 22.4 Å². The molecule has 118 valence electrons. The molecular weight excluding hydrogens is 276 g/mol. The lowest BCUT2D eigenvalue weighted by molar-refractivity contribution is 0.351. The highest BCUT2D eigenvalue weighted by atomic mass is 16.1. The first-order valence-corrected chi connectivity index (χ1v) is 8.77. The molecule has 2 aliphatic carbocycles. The van der Waals surface area contributed by atoms with Crippen molar-refractivity contribution in [3.63, 3.8) is 0 Å². The lowest BCUT2D eigenvalue weighted by Crippen LogP contribution is -2.17. The van der Waals surface area contributed by atoms with Gasteiger partial charge in [0.2, 0.25) is 0 Å². The number of aromatic nitrogens is 4. The Kier molecular flexibility index (Phi) is 3.72. The SMILES string of the molecule is O=c1[nH]c(CC2CCCCC2)nc2c1cnn2C1CCCC1. The van der Waals surface area contributed by atoms with Gasteiger partial charge in [-0.1, -0.05) is 44.9 Å². The van der Waals surface area contributed by atoms with Crippen molar-refractivity contribution in [3.8, 4) is 0 Å². The summed E-state index contributed by atoms with van der Waals surface area (Å²) in [6.45, 7) is 0. The van der Waals surface area contributed by atoms with Gasteiger partial charge in [0, 0.05) is 6.42 Å². The molecule has 0 unspecified atom stereocenters. The second kappa shape index (κ2) is 5.86. The molecule has 2 fully saturated rings. The van der Waals surface area contributed by atoms with Gasteiger partial charge in [0.05, 0.1) is 12.2 Å². The molecule has 0 radical (unpaired) electrons. The summed E-state index contributed by atoms with van der Waals surface area (Å²) in [7, 11) is 0. The number of hydrogen-bond acceptors (Lipinski definition) is 3. The average Bonchev–Trinajstić information content (AvgIpc) is 3.17. The molecule has 2 aromatic rings. The van der Waals surface area contributed by atoms with Crippen LogP contribution in [-0.4, -0.2) is 19.7 Å². The monoisotopic (exact) mass is 300 g/mol. The third-order valence-electron chi connectivity index (χ3n) is 5.39. The smallest absolute Gasteiger partial charge is 0.262 e. The van der Waals surface area contributed by atoms with Crippen LogP contribution in [0.1, 0.15) is 69.7 Å². The van der Waals surface area contributed by atoms with Crippen molar-refractivity contribution in [2.75, 3.05) is 0 Å². The van der Waals surface area contributed by atoms with Crippen LogP contribution in [0.25, 0.3) is 11.0 Å². The van der Waals surface area contributed by atoms with Crippen molar-refractivity contribution in [1.29, 1.82) is 0 Å². The van der Waals surface area contributed by atoms with Gasteiger partial charge in [-0.15, -0.1) is 0 Å². The van der Waals surface area contributed by atoms with E-state index in [2.05, 4.69) is 10.1 Å². The molecule has 2 aromatic heterocycles. The van der Waals surface area contributed by atoms with Crippen LogP contribution in [0.5, 0.6) is 0 Å². The summed E-state index contributed by atoms with van der Waals surface area (Å²) < 4.78 is 2.00. The Hall–Kier alpha value is -1.65. The molecule has 5 heteroatoms. The third kappa shape index (κ3) is 2.57. The molecule has 2 aliphatic rings. The number of fused-ring (bicyclic) bond motifs is 1. The average molecular weight is 300 g/mol. The van der Waals surface area contributed by atoms with Gasteiger partial charge in [-0.05, 0) is 18.8 Å². The van der Waals surface area contributed by atoms with Gasteiger partial charge in [0.15, 0.2) is 5.65 Å². The Bertz CT molecular complexity index is 705. The summed E-state index contributed by atoms with van der Waals surface area (Å²) in [5.41, 5.74) is 0.765. The molecule has 2 saturated carbocycles. The first-order valence-electron chi connectivity index (χ1n) is 8.77. The standard InChI is InChI=1S/C17H24N4O/c22-17-14-11-18-21(13-8-4-5-9-13)16(14)19-15(20-17)10-12-6-2-1-3-7-12/h11-13H,1-10H2,(H,19,20,22). The molecule has 2 heterocycles. The lowest BCUT2D eigenvalue weighted by Gasteiger charge is -2.20. The zero-order valence-electron chi connectivity index (χ0n) is 13.1. The Labute approximate surface area is 130 Å². The molecule has 0 aliphatic heterocycles. The van der Waals surface area contributed by atoms with E-state index in [-0.39, 0.29) is 5.56 Å². The van der Waals surface area contributed by atoms with E-state index in [0.29, 0.717) is 17.3 Å². The summed E-state index contributed by atoms with van der Waals surface area (Å²) in [4.78, 5) is 20.1. The topological polar surface area (TPSA) is 63.6 Å². The van der Waals surface area contributed by atoms with Crippen LogP contribution in [-0.2, 0) is 6.42 Å². The fourth-order valence-electron chi connectivity index (χ4n) is 4.16. The Morgan fingerprint density at radius 2 is 1.82 bits per heavy atom. The highest BCUT2D eigenvalue weighted by Crippen LogP contribution is 2.31. The van der Waals surface area contributed by atoms with E-state index >= 15 is 0 Å². The minimum absolute atomic E-state index is 0.0277. The number of nitrogens with one attached hydrogen (secondary N) is 1. The highest BCUT2D eigenvalue weighted by Gasteiger charge is 2.22. The van der Waals surface area contributed by atoms with Crippen LogP contribution in [0.3, 0.4) is 0 Å². The third-order valence-corrected chi connectivity index (χ3v) is 5.39. The molecule has 5 nitrogen and oxygen atoms in total. The van der Waals surface area contributed by atoms with Crippen LogP contribution in [0, 0.1) is 5.92 Å². The Morgan fingerprint density at radius 1 is 1.09 bits per heavy atom. The Balaban J connectivity index is 1.67. The summed E-state index contributed by atoms with van der Waals surface area (Å²) in [5.74, 6) is 1.53. The zero-order chi connectivity index (χ0) is 14.9. The van der Waals surface area contributed by atoms with E-state index < -0.39 is 0 Å². The largest absolute Gasteiger partial charge is 0.310 e. The van der Waals surface area contributed by atoms with Crippen LogP contribution in [0.4, 0.5) is 0 Å². The van der Waals surface area contributed by atoms with E-state index in [0.717, 1.165) is 30.7 Å². The van der Waals surface area contributed by atoms with Crippen molar-refractivity contribution < 1.29 is 0 Å². The molecule has 0 aromatic carbocycles. The number of nitrogens with zero attached hydrogens (tertiary/aromatic N) is 3. The van der Waals surface area contributed by atoms with Crippen LogP contribution in [0.15, 0.2) is 11.0 Å². The quantitative estimate of drug-likeness (QED) is 0.945. The van der Waals surface area contributed by atoms with Crippen LogP contribution < -0.4 is 5.56 Å². The number of aromatic amines is 1. The first kappa shape index (κ1) is 14.0. The van der Waals surface area contributed by atoms with E-state index in [1.807, 2.05) is 4.68 Å². The summed E-state index contributed by atoms with van der Waals surface area (Å²) in [6.07, 6.45) is 13.9. The molecule has 22 heavy (non-hydrogen) atoms. The maximum Gasteiger partial charge on any atom is 0.262 e. The van der Waals surface area contributed by atoms with E-state index in [1.165, 1.54) is 44.9 Å². The van der Waals surface area contributed by atoms with Gasteiger partial charge in [0.1, 0.15) is 11.2 Å². The molecule has 0 atom stereocenters. The molecule has 0 amide bonds. The number of H-pyrrole nitrogens is 1. The first-order chi connectivity index (χ1) is 10.8. The van der Waals surface area contributed by atoms with Gasteiger partial charge in [-0.25, -0.2) is 9.67 Å². The molecule has 0 saturated heterocycles. The minimum atomic E-state index is -0.0277. The number of hydrogen-bond donors (Lipinski definition) is 1. The van der Waals surface area contributed by atoms with Gasteiger partial charge < -0.3 is 4.98 Å². The molecule has 1 N–H and O–H groups in total. The maximum atomic E-state index is 12.3. The molecule has 4 rings (SSSR count). The molecular formula is C17H24N4O. The Morgan fingerprint density at radius 3 is 2.59 bits per heavy atom. The summed E-state index contributed by atoms with van der Waals surface area (Å²) >= 11 is 0. The lowest BCUT2D eigenvalue weighted by atomic mass is 9.87. The fourth-order valence-corrected chi connectivity index (χ4v) is 4.16. The van der Waals surface area contributed by atoms with Crippen molar-refractivity contribution in [2.45, 2.75) is 70.3 Å². The number of rotatable bonds is 3.